The molecule has 2 atom stereocenters. The molecule has 0 saturated heterocycles. The lowest BCUT2D eigenvalue weighted by molar-refractivity contribution is -0.121. The summed E-state index contributed by atoms with van der Waals surface area (Å²) < 4.78 is 1.67. The second-order valence-corrected chi connectivity index (χ2v) is 6.67. The lowest BCUT2D eigenvalue weighted by Crippen LogP contribution is -2.49. The Bertz CT molecular complexity index is 914. The number of ketones is 1. The molecule has 0 aliphatic carbocycles. The first-order valence-electron chi connectivity index (χ1n) is 9.14. The van der Waals surface area contributed by atoms with Crippen molar-refractivity contribution < 1.29 is 19.5 Å². The van der Waals surface area contributed by atoms with Gasteiger partial charge in [0.1, 0.15) is 5.78 Å². The molecule has 0 aliphatic rings. The summed E-state index contributed by atoms with van der Waals surface area (Å²) in [4.78, 5) is 48.6. The molecule has 0 fully saturated rings. The SMILES string of the molecule is CCC(=O)C(CCc1ccccc1)NC(C)C(=O)n1c(C(=O)O)cn(C)c1=O. The molecule has 0 amide bonds. The standard InChI is InChI=1S/C20H25N3O5/c1-4-17(24)15(11-10-14-8-6-5-7-9-14)21-13(2)18(25)23-16(19(26)27)12-22(3)20(23)28/h5-9,12-13,15,21H,4,10-11H2,1-3H3,(H,26,27). The molecule has 28 heavy (non-hydrogen) atoms. The molecular formula is C20H25N3O5. The van der Waals surface area contributed by atoms with Gasteiger partial charge in [-0.25, -0.2) is 14.2 Å². The van der Waals surface area contributed by atoms with Crippen molar-refractivity contribution in [3.63, 3.8) is 0 Å². The number of carboxylic acids is 1. The number of benzene rings is 1. The van der Waals surface area contributed by atoms with Gasteiger partial charge in [0, 0.05) is 19.7 Å². The molecule has 0 aliphatic heterocycles. The van der Waals surface area contributed by atoms with E-state index in [2.05, 4.69) is 5.32 Å². The Morgan fingerprint density at radius 3 is 2.39 bits per heavy atom. The number of rotatable bonds is 9. The van der Waals surface area contributed by atoms with Crippen LogP contribution in [0.2, 0.25) is 0 Å². The molecule has 8 nitrogen and oxygen atoms in total. The van der Waals surface area contributed by atoms with Gasteiger partial charge in [0.2, 0.25) is 0 Å². The zero-order valence-corrected chi connectivity index (χ0v) is 16.2. The molecule has 1 aromatic heterocycles. The van der Waals surface area contributed by atoms with Crippen molar-refractivity contribution in [2.24, 2.45) is 7.05 Å². The smallest absolute Gasteiger partial charge is 0.354 e. The zero-order chi connectivity index (χ0) is 20.8. The number of aromatic nitrogens is 2. The first-order chi connectivity index (χ1) is 13.3. The molecule has 2 N–H and O–H groups in total. The maximum absolute atomic E-state index is 12.7. The zero-order valence-electron chi connectivity index (χ0n) is 16.2. The van der Waals surface area contributed by atoms with Crippen LogP contribution in [0.1, 0.15) is 47.5 Å². The molecule has 0 spiro atoms. The lowest BCUT2D eigenvalue weighted by Gasteiger charge is -2.21. The predicted octanol–water partition coefficient (Wildman–Crippen LogP) is 1.48. The maximum Gasteiger partial charge on any atom is 0.354 e. The minimum absolute atomic E-state index is 0.0468. The van der Waals surface area contributed by atoms with Crippen LogP contribution in [0.4, 0.5) is 0 Å². The normalized spacial score (nSPS) is 13.1. The van der Waals surface area contributed by atoms with Gasteiger partial charge in [-0.2, -0.15) is 0 Å². The summed E-state index contributed by atoms with van der Waals surface area (Å²) in [5.41, 5.74) is -0.0721. The van der Waals surface area contributed by atoms with E-state index in [9.17, 15) is 24.3 Å². The van der Waals surface area contributed by atoms with Crippen molar-refractivity contribution >= 4 is 17.7 Å². The van der Waals surface area contributed by atoms with Gasteiger partial charge in [0.15, 0.2) is 5.69 Å². The Balaban J connectivity index is 2.18. The van der Waals surface area contributed by atoms with Crippen LogP contribution in [-0.2, 0) is 18.3 Å². The number of aromatic carboxylic acids is 1. The van der Waals surface area contributed by atoms with Gasteiger partial charge >= 0.3 is 11.7 Å². The van der Waals surface area contributed by atoms with Crippen LogP contribution in [0, 0.1) is 0 Å². The van der Waals surface area contributed by atoms with E-state index in [1.807, 2.05) is 30.3 Å². The Morgan fingerprint density at radius 1 is 1.18 bits per heavy atom. The fourth-order valence-corrected chi connectivity index (χ4v) is 3.03. The molecule has 0 radical (unpaired) electrons. The number of nitrogens with zero attached hydrogens (tertiary/aromatic N) is 2. The quantitative estimate of drug-likeness (QED) is 0.674. The number of nitrogens with one attached hydrogen (secondary N) is 1. The van der Waals surface area contributed by atoms with Gasteiger partial charge in [-0.1, -0.05) is 37.3 Å². The number of Topliss-reactive ketones (excluding diaryl/α,β-unsaturated/α-hetero) is 1. The summed E-state index contributed by atoms with van der Waals surface area (Å²) >= 11 is 0. The van der Waals surface area contributed by atoms with Crippen molar-refractivity contribution in [2.45, 2.75) is 45.2 Å². The molecule has 1 aromatic carbocycles. The Morgan fingerprint density at radius 2 is 1.82 bits per heavy atom. The van der Waals surface area contributed by atoms with Crippen LogP contribution < -0.4 is 11.0 Å². The van der Waals surface area contributed by atoms with E-state index in [0.29, 0.717) is 23.8 Å². The molecular weight excluding hydrogens is 362 g/mol. The van der Waals surface area contributed by atoms with E-state index in [0.717, 1.165) is 16.3 Å². The highest BCUT2D eigenvalue weighted by Gasteiger charge is 2.28. The van der Waals surface area contributed by atoms with Gasteiger partial charge in [-0.05, 0) is 25.3 Å². The van der Waals surface area contributed by atoms with Gasteiger partial charge in [0.05, 0.1) is 12.1 Å². The number of carbonyl (C=O) groups is 3. The van der Waals surface area contributed by atoms with Crippen molar-refractivity contribution in [3.8, 4) is 0 Å². The summed E-state index contributed by atoms with van der Waals surface area (Å²) in [5, 5.41) is 12.2. The first-order valence-corrected chi connectivity index (χ1v) is 9.14. The molecule has 0 saturated carbocycles. The number of imidazole rings is 1. The Kier molecular flexibility index (Phi) is 7.06. The minimum atomic E-state index is -1.37. The van der Waals surface area contributed by atoms with Crippen LogP contribution in [0.5, 0.6) is 0 Å². The highest BCUT2D eigenvalue weighted by atomic mass is 16.4. The van der Waals surface area contributed by atoms with E-state index >= 15 is 0 Å². The van der Waals surface area contributed by atoms with Crippen LogP contribution in [-0.4, -0.2) is 44.0 Å². The molecule has 0 bridgehead atoms. The van der Waals surface area contributed by atoms with Gasteiger partial charge in [-0.3, -0.25) is 14.9 Å². The molecule has 2 aromatic rings. The fourth-order valence-electron chi connectivity index (χ4n) is 3.03. The van der Waals surface area contributed by atoms with E-state index in [4.69, 9.17) is 0 Å². The highest BCUT2D eigenvalue weighted by molar-refractivity contribution is 5.94. The molecule has 2 unspecified atom stereocenters. The van der Waals surface area contributed by atoms with E-state index in [1.165, 1.54) is 14.0 Å². The number of carboxylic acid groups (broad SMARTS) is 1. The van der Waals surface area contributed by atoms with E-state index in [1.54, 1.807) is 6.92 Å². The average molecular weight is 387 g/mol. The topological polar surface area (TPSA) is 110 Å². The third-order valence-electron chi connectivity index (χ3n) is 4.61. The number of hydrogen-bond donors (Lipinski definition) is 2. The Hall–Kier alpha value is -3.00. The number of aryl methyl sites for hydroxylation is 2. The third kappa shape index (κ3) is 4.83. The van der Waals surface area contributed by atoms with E-state index < -0.39 is 35.3 Å². The van der Waals surface area contributed by atoms with E-state index in [-0.39, 0.29) is 5.78 Å². The maximum atomic E-state index is 12.7. The first kappa shape index (κ1) is 21.3. The fraction of sp³-hybridized carbons (Fsp3) is 0.400. The largest absolute Gasteiger partial charge is 0.477 e. The summed E-state index contributed by atoms with van der Waals surface area (Å²) in [7, 11) is 1.37. The van der Waals surface area contributed by atoms with Gasteiger partial charge < -0.3 is 9.67 Å². The lowest BCUT2D eigenvalue weighted by atomic mass is 10.00. The second-order valence-electron chi connectivity index (χ2n) is 6.67. The molecule has 150 valence electrons. The molecule has 1 heterocycles. The van der Waals surface area contributed by atoms with Crippen LogP contribution in [0.25, 0.3) is 0 Å². The summed E-state index contributed by atoms with van der Waals surface area (Å²) in [5.74, 6) is -2.13. The Labute approximate surface area is 162 Å². The van der Waals surface area contributed by atoms with Crippen molar-refractivity contribution in [3.05, 3.63) is 58.3 Å². The van der Waals surface area contributed by atoms with Crippen molar-refractivity contribution in [1.29, 1.82) is 0 Å². The van der Waals surface area contributed by atoms with Gasteiger partial charge in [0.25, 0.3) is 5.91 Å². The highest BCUT2D eigenvalue weighted by Crippen LogP contribution is 2.09. The monoisotopic (exact) mass is 387 g/mol. The molecule has 2 rings (SSSR count). The van der Waals surface area contributed by atoms with Crippen molar-refractivity contribution in [1.82, 2.24) is 14.5 Å². The second kappa shape index (κ2) is 9.27. The van der Waals surface area contributed by atoms with Crippen LogP contribution in [0.3, 0.4) is 0 Å². The number of hydrogen-bond acceptors (Lipinski definition) is 5. The van der Waals surface area contributed by atoms with Crippen LogP contribution >= 0.6 is 0 Å². The average Bonchev–Trinajstić information content (AvgIpc) is 2.99. The summed E-state index contributed by atoms with van der Waals surface area (Å²) in [6, 6.07) is 8.19. The summed E-state index contributed by atoms with van der Waals surface area (Å²) in [6.07, 6.45) is 2.54. The predicted molar refractivity (Wildman–Crippen MR) is 104 cm³/mol. The third-order valence-corrected chi connectivity index (χ3v) is 4.61. The minimum Gasteiger partial charge on any atom is -0.477 e. The van der Waals surface area contributed by atoms with Crippen LogP contribution in [0.15, 0.2) is 41.3 Å². The van der Waals surface area contributed by atoms with Crippen molar-refractivity contribution in [2.75, 3.05) is 0 Å². The number of carbonyl (C=O) groups excluding carboxylic acids is 2. The van der Waals surface area contributed by atoms with Gasteiger partial charge in [-0.15, -0.1) is 0 Å². The molecule has 8 heteroatoms. The summed E-state index contributed by atoms with van der Waals surface area (Å²) in [6.45, 7) is 3.27.